The molecule has 1 aromatic carbocycles. The van der Waals surface area contributed by atoms with Crippen LogP contribution >= 0.6 is 38.5 Å². The Bertz CT molecular complexity index is 1260. The fourth-order valence-electron chi connectivity index (χ4n) is 3.76. The number of rotatable bonds is 4. The van der Waals surface area contributed by atoms with Crippen LogP contribution in [0.2, 0.25) is 0 Å². The molecular formula is C19H20BrIN4O3S. The third-order valence-corrected chi connectivity index (χ3v) is 8.40. The Morgan fingerprint density at radius 3 is 2.93 bits per heavy atom. The zero-order valence-corrected chi connectivity index (χ0v) is 20.3. The van der Waals surface area contributed by atoms with Crippen molar-refractivity contribution < 1.29 is 8.42 Å². The van der Waals surface area contributed by atoms with Gasteiger partial charge in [0.15, 0.2) is 0 Å². The first-order chi connectivity index (χ1) is 13.8. The highest BCUT2D eigenvalue weighted by Gasteiger charge is 2.28. The lowest BCUT2D eigenvalue weighted by Crippen LogP contribution is -2.45. The molecule has 0 unspecified atom stereocenters. The van der Waals surface area contributed by atoms with Crippen LogP contribution in [0.5, 0.6) is 0 Å². The molecule has 2 aromatic heterocycles. The molecule has 3 aromatic rings. The molecule has 3 heterocycles. The second kappa shape index (κ2) is 8.12. The summed E-state index contributed by atoms with van der Waals surface area (Å²) >= 11 is 5.66. The van der Waals surface area contributed by atoms with Crippen molar-refractivity contribution in [3.05, 3.63) is 42.8 Å². The average Bonchev–Trinajstić information content (AvgIpc) is 2.70. The Hall–Kier alpha value is -1.24. The number of halogens is 2. The fourth-order valence-corrected chi connectivity index (χ4v) is 5.84. The lowest BCUT2D eigenvalue weighted by molar-refractivity contribution is 0.327. The van der Waals surface area contributed by atoms with Crippen molar-refractivity contribution in [2.75, 3.05) is 24.2 Å². The Morgan fingerprint density at radius 2 is 2.17 bits per heavy atom. The predicted octanol–water partition coefficient (Wildman–Crippen LogP) is 3.67. The molecule has 0 radical (unpaired) electrons. The highest BCUT2D eigenvalue weighted by molar-refractivity contribution is 14.1. The van der Waals surface area contributed by atoms with Crippen LogP contribution in [0.4, 0.5) is 5.82 Å². The summed E-state index contributed by atoms with van der Waals surface area (Å²) in [4.78, 5) is 20.1. The van der Waals surface area contributed by atoms with E-state index >= 15 is 0 Å². The molecule has 1 atom stereocenters. The van der Waals surface area contributed by atoms with Crippen molar-refractivity contribution in [1.82, 2.24) is 14.3 Å². The number of aromatic nitrogens is 2. The quantitative estimate of drug-likeness (QED) is 0.357. The van der Waals surface area contributed by atoms with E-state index < -0.39 is 10.0 Å². The minimum Gasteiger partial charge on any atom is -0.365 e. The number of aromatic amines is 1. The van der Waals surface area contributed by atoms with Crippen molar-refractivity contribution in [2.24, 2.45) is 0 Å². The van der Waals surface area contributed by atoms with Crippen LogP contribution in [-0.2, 0) is 10.0 Å². The largest absolute Gasteiger partial charge is 0.365 e. The van der Waals surface area contributed by atoms with E-state index in [1.54, 1.807) is 17.4 Å². The highest BCUT2D eigenvalue weighted by atomic mass is 127. The van der Waals surface area contributed by atoms with E-state index in [4.69, 9.17) is 4.98 Å². The van der Waals surface area contributed by atoms with Crippen molar-refractivity contribution >= 4 is 76.0 Å². The van der Waals surface area contributed by atoms with E-state index in [-0.39, 0.29) is 17.4 Å². The number of sulfonamides is 1. The molecule has 1 aliphatic heterocycles. The van der Waals surface area contributed by atoms with Crippen LogP contribution in [0.1, 0.15) is 19.8 Å². The molecule has 4 rings (SSSR count). The molecule has 0 spiro atoms. The number of nitrogens with zero attached hydrogens (tertiary/aromatic N) is 2. The third-order valence-electron chi connectivity index (χ3n) is 5.23. The van der Waals surface area contributed by atoms with Gasteiger partial charge in [-0.1, -0.05) is 15.9 Å². The summed E-state index contributed by atoms with van der Waals surface area (Å²) < 4.78 is 27.9. The van der Waals surface area contributed by atoms with Crippen LogP contribution < -0.4 is 10.9 Å². The molecule has 29 heavy (non-hydrogen) atoms. The first kappa shape index (κ1) is 21.0. The third kappa shape index (κ3) is 4.04. The van der Waals surface area contributed by atoms with Gasteiger partial charge < -0.3 is 10.3 Å². The molecule has 0 saturated carbocycles. The predicted molar refractivity (Wildman–Crippen MR) is 128 cm³/mol. The number of piperidine rings is 1. The molecule has 0 amide bonds. The van der Waals surface area contributed by atoms with E-state index in [9.17, 15) is 13.2 Å². The molecule has 10 heteroatoms. The number of anilines is 1. The van der Waals surface area contributed by atoms with Gasteiger partial charge in [-0.2, -0.15) is 4.31 Å². The average molecular weight is 591 g/mol. The number of pyridine rings is 2. The van der Waals surface area contributed by atoms with Gasteiger partial charge in [0.2, 0.25) is 10.0 Å². The number of nitrogens with one attached hydrogen (secondary N) is 2. The van der Waals surface area contributed by atoms with Crippen molar-refractivity contribution in [3.8, 4) is 0 Å². The molecule has 7 nitrogen and oxygen atoms in total. The lowest BCUT2D eigenvalue weighted by atomic mass is 10.0. The number of H-pyrrole nitrogens is 1. The second-order valence-corrected chi connectivity index (χ2v) is 11.4. The van der Waals surface area contributed by atoms with Gasteiger partial charge in [-0.25, -0.2) is 13.4 Å². The minimum absolute atomic E-state index is 0.0403. The Labute approximate surface area is 190 Å². The summed E-state index contributed by atoms with van der Waals surface area (Å²) in [7, 11) is -3.22. The number of benzene rings is 1. The SMILES string of the molecule is CCS(=O)(=O)N1CCC[C@H](Nc2nc3c(I)c[nH]c(=O)c3c3cc(Br)ccc23)C1. The van der Waals surface area contributed by atoms with Gasteiger partial charge in [0.05, 0.1) is 20.2 Å². The summed E-state index contributed by atoms with van der Waals surface area (Å²) in [6.07, 6.45) is 3.31. The molecule has 1 fully saturated rings. The van der Waals surface area contributed by atoms with E-state index in [0.717, 1.165) is 31.7 Å². The number of fused-ring (bicyclic) bond motifs is 3. The van der Waals surface area contributed by atoms with Gasteiger partial charge in [0, 0.05) is 40.6 Å². The number of hydrogen-bond donors (Lipinski definition) is 2. The monoisotopic (exact) mass is 590 g/mol. The Balaban J connectivity index is 1.81. The maximum absolute atomic E-state index is 12.5. The first-order valence-electron chi connectivity index (χ1n) is 9.34. The van der Waals surface area contributed by atoms with Gasteiger partial charge in [-0.3, -0.25) is 4.79 Å². The smallest absolute Gasteiger partial charge is 0.258 e. The topological polar surface area (TPSA) is 95.2 Å². The van der Waals surface area contributed by atoms with Crippen molar-refractivity contribution in [3.63, 3.8) is 0 Å². The molecule has 1 saturated heterocycles. The zero-order chi connectivity index (χ0) is 20.8. The summed E-state index contributed by atoms with van der Waals surface area (Å²) in [6, 6.07) is 5.72. The van der Waals surface area contributed by atoms with E-state index in [0.29, 0.717) is 29.8 Å². The highest BCUT2D eigenvalue weighted by Crippen LogP contribution is 2.32. The van der Waals surface area contributed by atoms with Crippen LogP contribution in [-0.4, -0.2) is 47.6 Å². The molecule has 0 bridgehead atoms. The van der Waals surface area contributed by atoms with Crippen LogP contribution in [0.15, 0.2) is 33.7 Å². The van der Waals surface area contributed by atoms with Crippen LogP contribution in [0.3, 0.4) is 0 Å². The Morgan fingerprint density at radius 1 is 1.38 bits per heavy atom. The van der Waals surface area contributed by atoms with Gasteiger partial charge >= 0.3 is 0 Å². The molecule has 1 aliphatic rings. The molecule has 2 N–H and O–H groups in total. The Kier molecular flexibility index (Phi) is 5.88. The second-order valence-electron chi connectivity index (χ2n) is 7.08. The maximum atomic E-state index is 12.5. The van der Waals surface area contributed by atoms with Gasteiger partial charge in [-0.05, 0) is 60.6 Å². The van der Waals surface area contributed by atoms with Crippen LogP contribution in [0.25, 0.3) is 21.7 Å². The molecular weight excluding hydrogens is 571 g/mol. The minimum atomic E-state index is -3.22. The van der Waals surface area contributed by atoms with Crippen molar-refractivity contribution in [2.45, 2.75) is 25.8 Å². The standard InChI is InChI=1S/C19H20BrIN4O3S/c1-2-29(27,28)25-7-3-4-12(10-25)23-18-13-6-5-11(20)8-14(13)16-17(24-18)15(21)9-22-19(16)26/h5-6,8-9,12H,2-4,7,10H2,1H3,(H,22,26)(H,23,24)/t12-/m0/s1. The van der Waals surface area contributed by atoms with Gasteiger partial charge in [-0.15, -0.1) is 0 Å². The maximum Gasteiger partial charge on any atom is 0.258 e. The summed E-state index contributed by atoms with van der Waals surface area (Å²) in [6.45, 7) is 2.64. The summed E-state index contributed by atoms with van der Waals surface area (Å²) in [5.74, 6) is 0.774. The normalized spacial score (nSPS) is 18.4. The summed E-state index contributed by atoms with van der Waals surface area (Å²) in [5.41, 5.74) is 0.455. The first-order valence-corrected chi connectivity index (χ1v) is 12.8. The van der Waals surface area contributed by atoms with Gasteiger partial charge in [0.1, 0.15) is 5.82 Å². The van der Waals surface area contributed by atoms with E-state index in [1.165, 1.54) is 0 Å². The van der Waals surface area contributed by atoms with E-state index in [2.05, 4.69) is 48.8 Å². The fraction of sp³-hybridized carbons (Fsp3) is 0.368. The number of hydrogen-bond acceptors (Lipinski definition) is 5. The van der Waals surface area contributed by atoms with E-state index in [1.807, 2.05) is 18.2 Å². The van der Waals surface area contributed by atoms with Gasteiger partial charge in [0.25, 0.3) is 5.56 Å². The summed E-state index contributed by atoms with van der Waals surface area (Å²) in [5, 5.41) is 5.66. The zero-order valence-electron chi connectivity index (χ0n) is 15.7. The molecule has 0 aliphatic carbocycles. The lowest BCUT2D eigenvalue weighted by Gasteiger charge is -2.32. The van der Waals surface area contributed by atoms with Crippen molar-refractivity contribution in [1.29, 1.82) is 0 Å². The van der Waals surface area contributed by atoms with Crippen LogP contribution in [0, 0.1) is 3.57 Å². The molecule has 154 valence electrons.